The highest BCUT2D eigenvalue weighted by Crippen LogP contribution is 2.11. The molecule has 1 amide bonds. The average molecular weight is 328 g/mol. The molecule has 0 spiro atoms. The molecule has 0 aliphatic heterocycles. The SMILES string of the molecule is CC(C)Oc1ccc(C(=O)NC(C)C(O)Cc2ccccc2)cn1. The van der Waals surface area contributed by atoms with Gasteiger partial charge in [-0.2, -0.15) is 0 Å². The second-order valence-corrected chi connectivity index (χ2v) is 6.07. The van der Waals surface area contributed by atoms with E-state index in [0.717, 1.165) is 5.56 Å². The van der Waals surface area contributed by atoms with Gasteiger partial charge in [0.05, 0.1) is 23.8 Å². The van der Waals surface area contributed by atoms with Gasteiger partial charge in [-0.3, -0.25) is 4.79 Å². The zero-order chi connectivity index (χ0) is 17.5. The van der Waals surface area contributed by atoms with Gasteiger partial charge in [0.2, 0.25) is 5.88 Å². The summed E-state index contributed by atoms with van der Waals surface area (Å²) in [5.74, 6) is 0.219. The number of aromatic nitrogens is 1. The van der Waals surface area contributed by atoms with Gasteiger partial charge in [-0.1, -0.05) is 30.3 Å². The number of hydrogen-bond donors (Lipinski definition) is 2. The zero-order valence-electron chi connectivity index (χ0n) is 14.3. The summed E-state index contributed by atoms with van der Waals surface area (Å²) in [7, 11) is 0. The summed E-state index contributed by atoms with van der Waals surface area (Å²) in [6, 6.07) is 12.7. The number of rotatable bonds is 7. The number of carbonyl (C=O) groups excluding carboxylic acids is 1. The first kappa shape index (κ1) is 17.9. The molecule has 0 bridgehead atoms. The lowest BCUT2D eigenvalue weighted by Crippen LogP contribution is -2.42. The van der Waals surface area contributed by atoms with Crippen LogP contribution in [0.2, 0.25) is 0 Å². The van der Waals surface area contributed by atoms with Crippen LogP contribution in [-0.2, 0) is 6.42 Å². The average Bonchev–Trinajstić information content (AvgIpc) is 2.55. The molecule has 2 aromatic rings. The number of carbonyl (C=O) groups is 1. The Morgan fingerprint density at radius 2 is 1.88 bits per heavy atom. The topological polar surface area (TPSA) is 71.5 Å². The van der Waals surface area contributed by atoms with Crippen molar-refractivity contribution in [1.82, 2.24) is 10.3 Å². The number of ether oxygens (including phenoxy) is 1. The lowest BCUT2D eigenvalue weighted by Gasteiger charge is -2.20. The van der Waals surface area contributed by atoms with Crippen LogP contribution in [0.1, 0.15) is 36.7 Å². The van der Waals surface area contributed by atoms with Gasteiger partial charge in [0.25, 0.3) is 5.91 Å². The number of amides is 1. The Bertz CT molecular complexity index is 641. The van der Waals surface area contributed by atoms with Gasteiger partial charge >= 0.3 is 0 Å². The van der Waals surface area contributed by atoms with Crippen LogP contribution in [0.25, 0.3) is 0 Å². The highest BCUT2D eigenvalue weighted by atomic mass is 16.5. The Morgan fingerprint density at radius 1 is 1.17 bits per heavy atom. The minimum Gasteiger partial charge on any atom is -0.475 e. The molecule has 128 valence electrons. The monoisotopic (exact) mass is 328 g/mol. The largest absolute Gasteiger partial charge is 0.475 e. The maximum Gasteiger partial charge on any atom is 0.253 e. The van der Waals surface area contributed by atoms with Crippen molar-refractivity contribution in [1.29, 1.82) is 0 Å². The van der Waals surface area contributed by atoms with Crippen LogP contribution >= 0.6 is 0 Å². The molecule has 0 saturated carbocycles. The Kier molecular flexibility index (Phi) is 6.32. The first-order chi connectivity index (χ1) is 11.5. The van der Waals surface area contributed by atoms with Crippen molar-refractivity contribution in [2.45, 2.75) is 45.4 Å². The van der Waals surface area contributed by atoms with E-state index in [1.807, 2.05) is 44.2 Å². The zero-order valence-corrected chi connectivity index (χ0v) is 14.3. The lowest BCUT2D eigenvalue weighted by atomic mass is 10.0. The standard InChI is InChI=1S/C19H24N2O3/c1-13(2)24-18-10-9-16(12-20-18)19(23)21-14(3)17(22)11-15-7-5-4-6-8-15/h4-10,12-14,17,22H,11H2,1-3H3,(H,21,23). The predicted octanol–water partition coefficient (Wildman–Crippen LogP) is 2.59. The normalized spacial score (nSPS) is 13.4. The van der Waals surface area contributed by atoms with Crippen LogP contribution in [0, 0.1) is 0 Å². The summed E-state index contributed by atoms with van der Waals surface area (Å²) in [5, 5.41) is 13.1. The maximum atomic E-state index is 12.2. The van der Waals surface area contributed by atoms with Gasteiger partial charge in [0.15, 0.2) is 0 Å². The minimum absolute atomic E-state index is 0.0327. The van der Waals surface area contributed by atoms with Crippen molar-refractivity contribution >= 4 is 5.91 Å². The lowest BCUT2D eigenvalue weighted by molar-refractivity contribution is 0.0851. The van der Waals surface area contributed by atoms with E-state index in [1.54, 1.807) is 19.1 Å². The van der Waals surface area contributed by atoms with Crippen molar-refractivity contribution < 1.29 is 14.6 Å². The third-order valence-corrected chi connectivity index (χ3v) is 3.58. The molecule has 0 fully saturated rings. The van der Waals surface area contributed by atoms with Crippen LogP contribution in [0.4, 0.5) is 0 Å². The van der Waals surface area contributed by atoms with E-state index in [4.69, 9.17) is 4.74 Å². The van der Waals surface area contributed by atoms with Crippen LogP contribution in [0.15, 0.2) is 48.7 Å². The number of nitrogens with one attached hydrogen (secondary N) is 1. The van der Waals surface area contributed by atoms with E-state index in [-0.39, 0.29) is 18.1 Å². The Balaban J connectivity index is 1.90. The molecule has 5 nitrogen and oxygen atoms in total. The molecule has 1 aromatic heterocycles. The van der Waals surface area contributed by atoms with Gasteiger partial charge in [-0.15, -0.1) is 0 Å². The fourth-order valence-electron chi connectivity index (χ4n) is 2.24. The Morgan fingerprint density at radius 3 is 2.46 bits per heavy atom. The number of hydrogen-bond acceptors (Lipinski definition) is 4. The second kappa shape index (κ2) is 8.45. The van der Waals surface area contributed by atoms with Crippen molar-refractivity contribution in [3.63, 3.8) is 0 Å². The summed E-state index contributed by atoms with van der Waals surface area (Å²) in [5.41, 5.74) is 1.47. The summed E-state index contributed by atoms with van der Waals surface area (Å²) in [6.45, 7) is 5.62. The molecule has 2 N–H and O–H groups in total. The summed E-state index contributed by atoms with van der Waals surface area (Å²) in [4.78, 5) is 16.4. The molecule has 24 heavy (non-hydrogen) atoms. The van der Waals surface area contributed by atoms with E-state index >= 15 is 0 Å². The van der Waals surface area contributed by atoms with Crippen molar-refractivity contribution in [2.24, 2.45) is 0 Å². The van der Waals surface area contributed by atoms with E-state index in [2.05, 4.69) is 10.3 Å². The Labute approximate surface area is 142 Å². The van der Waals surface area contributed by atoms with Crippen LogP contribution < -0.4 is 10.1 Å². The molecule has 1 heterocycles. The van der Waals surface area contributed by atoms with Crippen molar-refractivity contribution in [2.75, 3.05) is 0 Å². The maximum absolute atomic E-state index is 12.2. The van der Waals surface area contributed by atoms with Gasteiger partial charge in [-0.05, 0) is 32.4 Å². The molecule has 5 heteroatoms. The molecular weight excluding hydrogens is 304 g/mol. The molecule has 0 saturated heterocycles. The smallest absolute Gasteiger partial charge is 0.253 e. The van der Waals surface area contributed by atoms with Crippen LogP contribution in [0.3, 0.4) is 0 Å². The predicted molar refractivity (Wildman–Crippen MR) is 93.1 cm³/mol. The minimum atomic E-state index is -0.659. The van der Waals surface area contributed by atoms with E-state index in [0.29, 0.717) is 17.9 Å². The number of benzene rings is 1. The molecule has 1 aromatic carbocycles. The van der Waals surface area contributed by atoms with Gasteiger partial charge in [0.1, 0.15) is 0 Å². The summed E-state index contributed by atoms with van der Waals surface area (Å²) < 4.78 is 5.45. The second-order valence-electron chi connectivity index (χ2n) is 6.07. The molecule has 0 aliphatic carbocycles. The third kappa shape index (κ3) is 5.35. The van der Waals surface area contributed by atoms with Gasteiger partial charge in [-0.25, -0.2) is 4.98 Å². The van der Waals surface area contributed by atoms with Crippen LogP contribution in [-0.4, -0.2) is 34.2 Å². The first-order valence-corrected chi connectivity index (χ1v) is 8.11. The van der Waals surface area contributed by atoms with E-state index in [1.165, 1.54) is 6.20 Å². The number of nitrogens with zero attached hydrogens (tertiary/aromatic N) is 1. The molecular formula is C19H24N2O3. The van der Waals surface area contributed by atoms with E-state index in [9.17, 15) is 9.90 Å². The van der Waals surface area contributed by atoms with Crippen LogP contribution in [0.5, 0.6) is 5.88 Å². The molecule has 2 unspecified atom stereocenters. The number of aliphatic hydroxyl groups is 1. The quantitative estimate of drug-likeness (QED) is 0.819. The van der Waals surface area contributed by atoms with Gasteiger partial charge < -0.3 is 15.2 Å². The fraction of sp³-hybridized carbons (Fsp3) is 0.368. The van der Waals surface area contributed by atoms with Gasteiger partial charge in [0, 0.05) is 18.7 Å². The molecule has 0 radical (unpaired) electrons. The summed E-state index contributed by atoms with van der Waals surface area (Å²) >= 11 is 0. The number of aliphatic hydroxyl groups excluding tert-OH is 1. The molecule has 2 atom stereocenters. The van der Waals surface area contributed by atoms with Crippen molar-refractivity contribution in [3.8, 4) is 5.88 Å². The number of pyridine rings is 1. The molecule has 2 rings (SSSR count). The van der Waals surface area contributed by atoms with E-state index < -0.39 is 6.10 Å². The highest BCUT2D eigenvalue weighted by Gasteiger charge is 2.18. The highest BCUT2D eigenvalue weighted by molar-refractivity contribution is 5.94. The van der Waals surface area contributed by atoms with Crippen molar-refractivity contribution in [3.05, 3.63) is 59.8 Å². The first-order valence-electron chi connectivity index (χ1n) is 8.11. The summed E-state index contributed by atoms with van der Waals surface area (Å²) in [6.07, 6.45) is 1.34. The Hall–Kier alpha value is -2.40. The molecule has 0 aliphatic rings. The third-order valence-electron chi connectivity index (χ3n) is 3.58. The fourth-order valence-corrected chi connectivity index (χ4v) is 2.24.